The Morgan fingerprint density at radius 2 is 1.54 bits per heavy atom. The lowest BCUT2D eigenvalue weighted by Gasteiger charge is -2.14. The molecule has 0 aromatic rings. The molecular formula is C5H4F6O2. The lowest BCUT2D eigenvalue weighted by molar-refractivity contribution is -0.213. The first kappa shape index (κ1) is 12.2. The van der Waals surface area contributed by atoms with E-state index < -0.39 is 30.7 Å². The smallest absolute Gasteiger partial charge is 0.383 e. The highest BCUT2D eigenvalue weighted by Crippen LogP contribution is 2.26. The highest BCUT2D eigenvalue weighted by molar-refractivity contribution is 5.84. The van der Waals surface area contributed by atoms with E-state index in [1.807, 2.05) is 0 Å². The largest absolute Gasteiger partial charge is 0.450 e. The molecule has 0 fully saturated rings. The summed E-state index contributed by atoms with van der Waals surface area (Å²) >= 11 is 0. The van der Waals surface area contributed by atoms with Crippen LogP contribution < -0.4 is 0 Å². The van der Waals surface area contributed by atoms with Crippen LogP contribution in [-0.2, 0) is 4.79 Å². The SMILES string of the molecule is O=C(C[C@@H](O)C(F)(F)F)C(F)(F)F. The first-order chi connectivity index (χ1) is 5.55. The van der Waals surface area contributed by atoms with Crippen molar-refractivity contribution in [3.8, 4) is 0 Å². The third-order valence-electron chi connectivity index (χ3n) is 1.07. The van der Waals surface area contributed by atoms with Gasteiger partial charge in [0.15, 0.2) is 6.10 Å². The molecular weight excluding hydrogens is 206 g/mol. The predicted octanol–water partition coefficient (Wildman–Crippen LogP) is 1.43. The van der Waals surface area contributed by atoms with E-state index in [1.54, 1.807) is 0 Å². The fourth-order valence-electron chi connectivity index (χ4n) is 0.407. The molecule has 0 radical (unpaired) electrons. The lowest BCUT2D eigenvalue weighted by atomic mass is 10.2. The molecule has 0 aliphatic heterocycles. The molecule has 0 spiro atoms. The van der Waals surface area contributed by atoms with Crippen LogP contribution in [0.4, 0.5) is 26.3 Å². The first-order valence-electron chi connectivity index (χ1n) is 2.90. The normalized spacial score (nSPS) is 15.6. The van der Waals surface area contributed by atoms with Gasteiger partial charge >= 0.3 is 12.4 Å². The Bertz CT molecular complexity index is 192. The molecule has 0 aromatic carbocycles. The minimum Gasteiger partial charge on any atom is -0.383 e. The number of rotatable bonds is 2. The molecule has 8 heteroatoms. The van der Waals surface area contributed by atoms with Crippen LogP contribution in [0.3, 0.4) is 0 Å². The molecule has 13 heavy (non-hydrogen) atoms. The van der Waals surface area contributed by atoms with Crippen molar-refractivity contribution in [1.29, 1.82) is 0 Å². The first-order valence-corrected chi connectivity index (χ1v) is 2.90. The van der Waals surface area contributed by atoms with E-state index in [0.29, 0.717) is 0 Å². The van der Waals surface area contributed by atoms with Crippen molar-refractivity contribution < 1.29 is 36.2 Å². The number of hydrogen-bond donors (Lipinski definition) is 1. The number of Topliss-reactive ketones (excluding diaryl/α,β-unsaturated/α-hetero) is 1. The van der Waals surface area contributed by atoms with E-state index >= 15 is 0 Å². The summed E-state index contributed by atoms with van der Waals surface area (Å²) in [6.45, 7) is 0. The van der Waals surface area contributed by atoms with E-state index in [-0.39, 0.29) is 0 Å². The van der Waals surface area contributed by atoms with Crippen molar-refractivity contribution >= 4 is 5.78 Å². The summed E-state index contributed by atoms with van der Waals surface area (Å²) in [7, 11) is 0. The van der Waals surface area contributed by atoms with Crippen molar-refractivity contribution in [2.24, 2.45) is 0 Å². The molecule has 0 unspecified atom stereocenters. The van der Waals surface area contributed by atoms with Crippen molar-refractivity contribution in [3.63, 3.8) is 0 Å². The van der Waals surface area contributed by atoms with Gasteiger partial charge in [-0.15, -0.1) is 0 Å². The van der Waals surface area contributed by atoms with Crippen LogP contribution in [0.5, 0.6) is 0 Å². The molecule has 1 atom stereocenters. The van der Waals surface area contributed by atoms with Gasteiger partial charge in [0, 0.05) is 0 Å². The topological polar surface area (TPSA) is 37.3 Å². The van der Waals surface area contributed by atoms with Gasteiger partial charge in [-0.25, -0.2) is 0 Å². The molecule has 0 aliphatic rings. The number of hydrogen-bond acceptors (Lipinski definition) is 2. The highest BCUT2D eigenvalue weighted by Gasteiger charge is 2.46. The van der Waals surface area contributed by atoms with E-state index in [1.165, 1.54) is 0 Å². The molecule has 0 saturated carbocycles. The third kappa shape index (κ3) is 4.11. The van der Waals surface area contributed by atoms with Gasteiger partial charge in [0.1, 0.15) is 0 Å². The fraction of sp³-hybridized carbons (Fsp3) is 0.800. The van der Waals surface area contributed by atoms with E-state index in [2.05, 4.69) is 0 Å². The minimum atomic E-state index is -5.34. The van der Waals surface area contributed by atoms with Crippen molar-refractivity contribution in [3.05, 3.63) is 0 Å². The van der Waals surface area contributed by atoms with Gasteiger partial charge in [-0.3, -0.25) is 4.79 Å². The summed E-state index contributed by atoms with van der Waals surface area (Å²) in [5.74, 6) is -2.60. The Morgan fingerprint density at radius 3 is 1.77 bits per heavy atom. The summed E-state index contributed by atoms with van der Waals surface area (Å²) < 4.78 is 68.4. The van der Waals surface area contributed by atoms with Crippen LogP contribution in [0.1, 0.15) is 6.42 Å². The highest BCUT2D eigenvalue weighted by atomic mass is 19.4. The second-order valence-electron chi connectivity index (χ2n) is 2.18. The van der Waals surface area contributed by atoms with Gasteiger partial charge in [0.05, 0.1) is 6.42 Å². The van der Waals surface area contributed by atoms with E-state index in [9.17, 15) is 31.1 Å². The zero-order chi connectivity index (χ0) is 10.9. The zero-order valence-corrected chi connectivity index (χ0v) is 5.91. The molecule has 0 heterocycles. The number of alkyl halides is 6. The maximum atomic E-state index is 11.4. The van der Waals surface area contributed by atoms with Crippen LogP contribution in [-0.4, -0.2) is 29.3 Å². The van der Waals surface area contributed by atoms with Crippen LogP contribution in [0.2, 0.25) is 0 Å². The molecule has 0 bridgehead atoms. The summed E-state index contributed by atoms with van der Waals surface area (Å²) in [6, 6.07) is 0. The molecule has 78 valence electrons. The van der Waals surface area contributed by atoms with Crippen LogP contribution in [0, 0.1) is 0 Å². The Kier molecular flexibility index (Phi) is 3.31. The second kappa shape index (κ2) is 3.52. The Labute approximate surface area is 68.1 Å². The molecule has 0 amide bonds. The van der Waals surface area contributed by atoms with Gasteiger partial charge in [-0.1, -0.05) is 0 Å². The van der Waals surface area contributed by atoms with Crippen molar-refractivity contribution in [2.45, 2.75) is 24.9 Å². The number of aliphatic hydroxyl groups excluding tert-OH is 1. The summed E-state index contributed by atoms with van der Waals surface area (Å²) in [5, 5.41) is 8.07. The zero-order valence-electron chi connectivity index (χ0n) is 5.91. The van der Waals surface area contributed by atoms with Crippen LogP contribution in [0.25, 0.3) is 0 Å². The number of ketones is 1. The fourth-order valence-corrected chi connectivity index (χ4v) is 0.407. The predicted molar refractivity (Wildman–Crippen MR) is 27.7 cm³/mol. The monoisotopic (exact) mass is 210 g/mol. The summed E-state index contributed by atoms with van der Waals surface area (Å²) in [4.78, 5) is 9.94. The number of carbonyl (C=O) groups is 1. The van der Waals surface area contributed by atoms with E-state index in [4.69, 9.17) is 5.11 Å². The molecule has 0 saturated heterocycles. The van der Waals surface area contributed by atoms with Gasteiger partial charge in [-0.05, 0) is 0 Å². The second-order valence-corrected chi connectivity index (χ2v) is 2.18. The van der Waals surface area contributed by atoms with Crippen molar-refractivity contribution in [2.75, 3.05) is 0 Å². The Morgan fingerprint density at radius 1 is 1.15 bits per heavy atom. The number of halogens is 6. The van der Waals surface area contributed by atoms with Gasteiger partial charge in [0.2, 0.25) is 5.78 Å². The average molecular weight is 210 g/mol. The third-order valence-corrected chi connectivity index (χ3v) is 1.07. The lowest BCUT2D eigenvalue weighted by Crippen LogP contribution is -2.35. The molecule has 0 rings (SSSR count). The summed E-state index contributed by atoms with van der Waals surface area (Å²) in [5.41, 5.74) is 0. The molecule has 1 N–H and O–H groups in total. The molecule has 2 nitrogen and oxygen atoms in total. The van der Waals surface area contributed by atoms with E-state index in [0.717, 1.165) is 0 Å². The Hall–Kier alpha value is -0.790. The number of aliphatic hydroxyl groups is 1. The maximum absolute atomic E-state index is 11.4. The quantitative estimate of drug-likeness (QED) is 0.700. The van der Waals surface area contributed by atoms with Crippen LogP contribution in [0.15, 0.2) is 0 Å². The Balaban J connectivity index is 4.24. The average Bonchev–Trinajstić information content (AvgIpc) is 1.82. The van der Waals surface area contributed by atoms with Gasteiger partial charge in [0.25, 0.3) is 0 Å². The van der Waals surface area contributed by atoms with Gasteiger partial charge < -0.3 is 5.11 Å². The molecule has 0 aromatic heterocycles. The standard InChI is InChI=1S/C5H4F6O2/c6-4(7,8)2(12)1-3(13)5(9,10)11/h2,12H,1H2/t2-/m1/s1. The van der Waals surface area contributed by atoms with Crippen LogP contribution >= 0.6 is 0 Å². The van der Waals surface area contributed by atoms with Gasteiger partial charge in [-0.2, -0.15) is 26.3 Å². The summed E-state index contributed by atoms with van der Waals surface area (Å²) in [6.07, 6.45) is -15.8. The maximum Gasteiger partial charge on any atom is 0.450 e. The molecule has 0 aliphatic carbocycles. The number of carbonyl (C=O) groups excluding carboxylic acids is 1. The minimum absolute atomic E-state index is 1.99. The van der Waals surface area contributed by atoms with Crippen molar-refractivity contribution in [1.82, 2.24) is 0 Å².